The number of hydrogen-bond donors (Lipinski definition) is 1. The Hall–Kier alpha value is -2.22. The molecule has 0 bridgehead atoms. The van der Waals surface area contributed by atoms with E-state index in [9.17, 15) is 0 Å². The Morgan fingerprint density at radius 3 is 2.10 bits per heavy atom. The normalized spacial score (nSPS) is 17.8. The van der Waals surface area contributed by atoms with Crippen LogP contribution in [0.25, 0.3) is 11.5 Å². The Labute approximate surface area is 120 Å². The van der Waals surface area contributed by atoms with Crippen molar-refractivity contribution in [1.82, 2.24) is 5.32 Å². The van der Waals surface area contributed by atoms with E-state index in [0.717, 1.165) is 29.9 Å². The van der Waals surface area contributed by atoms with E-state index in [1.165, 1.54) is 5.56 Å². The summed E-state index contributed by atoms with van der Waals surface area (Å²) in [6.45, 7) is 2.17. The first-order valence-electron chi connectivity index (χ1n) is 7.17. The van der Waals surface area contributed by atoms with Crippen molar-refractivity contribution in [3.63, 3.8) is 0 Å². The lowest BCUT2D eigenvalue weighted by Crippen LogP contribution is -2.22. The average Bonchev–Trinajstić information content (AvgIpc) is 2.93. The van der Waals surface area contributed by atoms with Gasteiger partial charge in [0.15, 0.2) is 12.0 Å². The van der Waals surface area contributed by atoms with Crippen LogP contribution < -0.4 is 5.32 Å². The molecule has 0 aromatic heterocycles. The molecule has 2 nitrogen and oxygen atoms in total. The highest BCUT2D eigenvalue weighted by Crippen LogP contribution is 2.32. The third-order valence-corrected chi connectivity index (χ3v) is 3.44. The predicted octanol–water partition coefficient (Wildman–Crippen LogP) is 4.26. The zero-order valence-electron chi connectivity index (χ0n) is 11.7. The van der Waals surface area contributed by atoms with E-state index in [0.29, 0.717) is 0 Å². The summed E-state index contributed by atoms with van der Waals surface area (Å²) in [7, 11) is 0. The summed E-state index contributed by atoms with van der Waals surface area (Å²) in [5, 5.41) is 3.51. The van der Waals surface area contributed by atoms with Crippen molar-refractivity contribution in [2.45, 2.75) is 26.0 Å². The van der Waals surface area contributed by atoms with Crippen molar-refractivity contribution in [3.05, 3.63) is 71.8 Å². The molecule has 1 aliphatic heterocycles. The number of benzene rings is 2. The Morgan fingerprint density at radius 2 is 1.50 bits per heavy atom. The molecule has 1 heterocycles. The molecule has 0 spiro atoms. The van der Waals surface area contributed by atoms with E-state index < -0.39 is 0 Å². The molecule has 1 atom stereocenters. The number of ether oxygens (including phenoxy) is 1. The molecule has 1 aliphatic rings. The molecular weight excluding hydrogens is 246 g/mol. The number of nitrogens with one attached hydrogen (secondary N) is 1. The molecule has 0 saturated carbocycles. The smallest absolute Gasteiger partial charge is 0.170 e. The maximum absolute atomic E-state index is 6.12. The van der Waals surface area contributed by atoms with Crippen molar-refractivity contribution < 1.29 is 4.74 Å². The van der Waals surface area contributed by atoms with Gasteiger partial charge in [-0.2, -0.15) is 0 Å². The molecule has 0 amide bonds. The minimum Gasteiger partial charge on any atom is -0.468 e. The predicted molar refractivity (Wildman–Crippen MR) is 82.6 cm³/mol. The molecule has 20 heavy (non-hydrogen) atoms. The molecular formula is C18H19NO. The fourth-order valence-electron chi connectivity index (χ4n) is 2.47. The minimum atomic E-state index is 0.0745. The first kappa shape index (κ1) is 12.8. The van der Waals surface area contributed by atoms with Crippen LogP contribution in [-0.2, 0) is 4.74 Å². The molecule has 2 aromatic rings. The second kappa shape index (κ2) is 5.83. The lowest BCUT2D eigenvalue weighted by molar-refractivity contribution is 0.161. The van der Waals surface area contributed by atoms with Gasteiger partial charge in [0, 0.05) is 17.5 Å². The monoisotopic (exact) mass is 265 g/mol. The molecule has 1 unspecified atom stereocenters. The maximum Gasteiger partial charge on any atom is 0.170 e. The summed E-state index contributed by atoms with van der Waals surface area (Å²) in [4.78, 5) is 0. The van der Waals surface area contributed by atoms with Gasteiger partial charge in [-0.1, -0.05) is 74.0 Å². The van der Waals surface area contributed by atoms with E-state index in [2.05, 4.69) is 48.6 Å². The Balaban J connectivity index is 2.00. The highest BCUT2D eigenvalue weighted by atomic mass is 16.5. The maximum atomic E-state index is 6.12. The first-order valence-corrected chi connectivity index (χ1v) is 7.17. The van der Waals surface area contributed by atoms with Gasteiger partial charge in [-0.05, 0) is 0 Å². The number of rotatable bonds is 4. The number of hydrogen-bond acceptors (Lipinski definition) is 2. The first-order chi connectivity index (χ1) is 9.88. The molecule has 102 valence electrons. The van der Waals surface area contributed by atoms with Gasteiger partial charge in [0.2, 0.25) is 0 Å². The lowest BCUT2D eigenvalue weighted by atomic mass is 10.1. The van der Waals surface area contributed by atoms with Gasteiger partial charge in [-0.3, -0.25) is 0 Å². The topological polar surface area (TPSA) is 21.3 Å². The van der Waals surface area contributed by atoms with Crippen molar-refractivity contribution in [3.8, 4) is 0 Å². The Bertz CT molecular complexity index is 538. The van der Waals surface area contributed by atoms with Crippen LogP contribution in [0.3, 0.4) is 0 Å². The van der Waals surface area contributed by atoms with Crippen LogP contribution in [0.2, 0.25) is 0 Å². The second-order valence-corrected chi connectivity index (χ2v) is 4.98. The summed E-state index contributed by atoms with van der Waals surface area (Å²) >= 11 is 0. The minimum absolute atomic E-state index is 0.0745. The van der Waals surface area contributed by atoms with Crippen molar-refractivity contribution in [2.24, 2.45) is 0 Å². The Kier molecular flexibility index (Phi) is 3.73. The summed E-state index contributed by atoms with van der Waals surface area (Å²) in [6, 6.07) is 20.7. The third kappa shape index (κ3) is 2.55. The van der Waals surface area contributed by atoms with Gasteiger partial charge in [-0.25, -0.2) is 0 Å². The quantitative estimate of drug-likeness (QED) is 0.892. The van der Waals surface area contributed by atoms with Crippen LogP contribution in [0.4, 0.5) is 0 Å². The zero-order valence-corrected chi connectivity index (χ0v) is 11.7. The van der Waals surface area contributed by atoms with E-state index in [4.69, 9.17) is 4.74 Å². The highest BCUT2D eigenvalue weighted by molar-refractivity contribution is 5.88. The molecule has 1 N–H and O–H groups in total. The zero-order chi connectivity index (χ0) is 13.8. The third-order valence-electron chi connectivity index (χ3n) is 3.44. The summed E-state index contributed by atoms with van der Waals surface area (Å²) < 4.78 is 6.12. The standard InChI is InChI=1S/C18H19NO/c1-2-9-16-19-17(14-10-5-3-6-11-14)18(20-16)15-12-7-4-8-13-15/h3-8,10-13,16,19H,2,9H2,1H3. The molecule has 0 aliphatic carbocycles. The van der Waals surface area contributed by atoms with E-state index >= 15 is 0 Å². The van der Waals surface area contributed by atoms with Crippen LogP contribution in [0.1, 0.15) is 30.9 Å². The molecule has 3 rings (SSSR count). The van der Waals surface area contributed by atoms with E-state index in [1.807, 2.05) is 24.3 Å². The van der Waals surface area contributed by atoms with Gasteiger partial charge < -0.3 is 10.1 Å². The van der Waals surface area contributed by atoms with Crippen LogP contribution in [0, 0.1) is 0 Å². The van der Waals surface area contributed by atoms with Crippen molar-refractivity contribution in [1.29, 1.82) is 0 Å². The fourth-order valence-corrected chi connectivity index (χ4v) is 2.47. The van der Waals surface area contributed by atoms with Crippen LogP contribution in [-0.4, -0.2) is 6.23 Å². The molecule has 2 heteroatoms. The molecule has 0 saturated heterocycles. The van der Waals surface area contributed by atoms with Crippen LogP contribution >= 0.6 is 0 Å². The van der Waals surface area contributed by atoms with E-state index in [1.54, 1.807) is 0 Å². The van der Waals surface area contributed by atoms with Gasteiger partial charge in [0.05, 0.1) is 5.70 Å². The van der Waals surface area contributed by atoms with Gasteiger partial charge in [-0.15, -0.1) is 0 Å². The van der Waals surface area contributed by atoms with Crippen LogP contribution in [0.15, 0.2) is 60.7 Å². The molecule has 0 radical (unpaired) electrons. The fraction of sp³-hybridized carbons (Fsp3) is 0.222. The van der Waals surface area contributed by atoms with E-state index in [-0.39, 0.29) is 6.23 Å². The van der Waals surface area contributed by atoms with Gasteiger partial charge >= 0.3 is 0 Å². The summed E-state index contributed by atoms with van der Waals surface area (Å²) in [6.07, 6.45) is 2.18. The molecule has 0 fully saturated rings. The average molecular weight is 265 g/mol. The largest absolute Gasteiger partial charge is 0.468 e. The SMILES string of the molecule is CCCC1NC(c2ccccc2)=C(c2ccccc2)O1. The van der Waals surface area contributed by atoms with Crippen molar-refractivity contribution in [2.75, 3.05) is 0 Å². The summed E-state index contributed by atoms with van der Waals surface area (Å²) in [5.74, 6) is 0.954. The summed E-state index contributed by atoms with van der Waals surface area (Å²) in [5.41, 5.74) is 3.39. The molecule has 2 aromatic carbocycles. The van der Waals surface area contributed by atoms with Crippen LogP contribution in [0.5, 0.6) is 0 Å². The Morgan fingerprint density at radius 1 is 0.900 bits per heavy atom. The second-order valence-electron chi connectivity index (χ2n) is 4.98. The lowest BCUT2D eigenvalue weighted by Gasteiger charge is -2.11. The highest BCUT2D eigenvalue weighted by Gasteiger charge is 2.25. The van der Waals surface area contributed by atoms with Crippen molar-refractivity contribution >= 4 is 11.5 Å². The van der Waals surface area contributed by atoms with Gasteiger partial charge in [0.25, 0.3) is 0 Å². The van der Waals surface area contributed by atoms with Gasteiger partial charge in [0.1, 0.15) is 0 Å².